The molecule has 0 amide bonds. The maximum absolute atomic E-state index is 14.0. The number of aryl methyl sites for hydroxylation is 1. The van der Waals surface area contributed by atoms with Crippen molar-refractivity contribution in [3.05, 3.63) is 71.1 Å². The van der Waals surface area contributed by atoms with Gasteiger partial charge in [0, 0.05) is 29.8 Å². The molecule has 134 valence electrons. The molecule has 26 heavy (non-hydrogen) atoms. The maximum Gasteiger partial charge on any atom is 0.241 e. The van der Waals surface area contributed by atoms with E-state index in [2.05, 4.69) is 15.0 Å². The zero-order valence-corrected chi connectivity index (χ0v) is 14.5. The molecule has 6 heteroatoms. The molecule has 0 atom stereocenters. The van der Waals surface area contributed by atoms with Crippen LogP contribution in [0.4, 0.5) is 8.78 Å². The molecule has 0 spiro atoms. The first-order valence-corrected chi connectivity index (χ1v) is 8.66. The Morgan fingerprint density at radius 2 is 1.85 bits per heavy atom. The number of hydrogen-bond donors (Lipinski definition) is 0. The molecule has 3 aromatic rings. The number of halogens is 2. The van der Waals surface area contributed by atoms with Crippen molar-refractivity contribution in [2.75, 3.05) is 0 Å². The predicted molar refractivity (Wildman–Crippen MR) is 93.1 cm³/mol. The summed E-state index contributed by atoms with van der Waals surface area (Å²) in [5, 5.41) is 4.05. The third kappa shape index (κ3) is 3.80. The first-order valence-electron chi connectivity index (χ1n) is 8.66. The Morgan fingerprint density at radius 1 is 1.08 bits per heavy atom. The van der Waals surface area contributed by atoms with Gasteiger partial charge < -0.3 is 4.52 Å². The Bertz CT molecular complexity index is 904. The van der Waals surface area contributed by atoms with Crippen LogP contribution in [0.5, 0.6) is 0 Å². The fourth-order valence-corrected chi connectivity index (χ4v) is 2.94. The second kappa shape index (κ2) is 6.96. The molecule has 0 saturated heterocycles. The number of hydrogen-bond acceptors (Lipinski definition) is 4. The molecule has 1 aliphatic carbocycles. The number of benzene rings is 2. The minimum Gasteiger partial charge on any atom is -0.338 e. The van der Waals surface area contributed by atoms with E-state index in [1.165, 1.54) is 17.7 Å². The summed E-state index contributed by atoms with van der Waals surface area (Å²) in [6.07, 6.45) is 2.11. The summed E-state index contributed by atoms with van der Waals surface area (Å²) in [6.45, 7) is 2.85. The van der Waals surface area contributed by atoms with Crippen molar-refractivity contribution in [3.8, 4) is 11.4 Å². The van der Waals surface area contributed by atoms with Crippen molar-refractivity contribution in [2.45, 2.75) is 38.9 Å². The molecule has 4 rings (SSSR count). The Labute approximate surface area is 150 Å². The van der Waals surface area contributed by atoms with E-state index in [1.54, 1.807) is 0 Å². The van der Waals surface area contributed by atoms with Crippen LogP contribution < -0.4 is 0 Å². The Balaban J connectivity index is 1.49. The van der Waals surface area contributed by atoms with E-state index in [0.717, 1.165) is 24.5 Å². The van der Waals surface area contributed by atoms with E-state index >= 15 is 0 Å². The highest BCUT2D eigenvalue weighted by molar-refractivity contribution is 5.54. The van der Waals surface area contributed by atoms with Crippen LogP contribution in [0.15, 0.2) is 47.0 Å². The monoisotopic (exact) mass is 355 g/mol. The maximum atomic E-state index is 14.0. The van der Waals surface area contributed by atoms with Gasteiger partial charge in [-0.15, -0.1) is 0 Å². The van der Waals surface area contributed by atoms with Gasteiger partial charge in [0.15, 0.2) is 0 Å². The smallest absolute Gasteiger partial charge is 0.241 e. The largest absolute Gasteiger partial charge is 0.338 e. The second-order valence-corrected chi connectivity index (χ2v) is 6.75. The van der Waals surface area contributed by atoms with Gasteiger partial charge in [-0.2, -0.15) is 4.98 Å². The van der Waals surface area contributed by atoms with E-state index in [4.69, 9.17) is 4.52 Å². The molecule has 1 aliphatic rings. The fourth-order valence-electron chi connectivity index (χ4n) is 2.94. The Morgan fingerprint density at radius 3 is 2.54 bits per heavy atom. The average Bonchev–Trinajstić information content (AvgIpc) is 3.36. The van der Waals surface area contributed by atoms with E-state index in [9.17, 15) is 8.78 Å². The minimum absolute atomic E-state index is 0.370. The van der Waals surface area contributed by atoms with E-state index in [-0.39, 0.29) is 0 Å². The molecule has 0 N–H and O–H groups in total. The normalized spacial score (nSPS) is 14.2. The zero-order chi connectivity index (χ0) is 18.1. The number of nitrogens with zero attached hydrogens (tertiary/aromatic N) is 3. The van der Waals surface area contributed by atoms with Gasteiger partial charge in [0.05, 0.1) is 6.54 Å². The quantitative estimate of drug-likeness (QED) is 0.653. The molecule has 1 saturated carbocycles. The number of aromatic nitrogens is 2. The lowest BCUT2D eigenvalue weighted by molar-refractivity contribution is 0.207. The Kier molecular flexibility index (Phi) is 4.51. The molecule has 4 nitrogen and oxygen atoms in total. The topological polar surface area (TPSA) is 42.2 Å². The third-order valence-corrected chi connectivity index (χ3v) is 4.57. The van der Waals surface area contributed by atoms with Crippen LogP contribution in [0.25, 0.3) is 11.4 Å². The SMILES string of the molecule is Cc1ccc(-c2noc(CN(Cc3ccc(F)cc3F)C3CC3)n2)cc1. The molecule has 1 fully saturated rings. The first-order chi connectivity index (χ1) is 12.6. The van der Waals surface area contributed by atoms with Gasteiger partial charge in [0.1, 0.15) is 11.6 Å². The molecule has 0 aliphatic heterocycles. The minimum atomic E-state index is -0.566. The molecule has 0 bridgehead atoms. The summed E-state index contributed by atoms with van der Waals surface area (Å²) in [5.41, 5.74) is 2.53. The highest BCUT2D eigenvalue weighted by atomic mass is 19.1. The summed E-state index contributed by atoms with van der Waals surface area (Å²) in [4.78, 5) is 6.57. The summed E-state index contributed by atoms with van der Waals surface area (Å²) in [5.74, 6) is -0.0518. The second-order valence-electron chi connectivity index (χ2n) is 6.75. The summed E-state index contributed by atoms with van der Waals surface area (Å²) >= 11 is 0. The van der Waals surface area contributed by atoms with E-state index in [0.29, 0.717) is 36.4 Å². The lowest BCUT2D eigenvalue weighted by atomic mass is 10.1. The van der Waals surface area contributed by atoms with Crippen molar-refractivity contribution in [2.24, 2.45) is 0 Å². The highest BCUT2D eigenvalue weighted by Crippen LogP contribution is 2.30. The van der Waals surface area contributed by atoms with E-state index < -0.39 is 11.6 Å². The van der Waals surface area contributed by atoms with Crippen molar-refractivity contribution < 1.29 is 13.3 Å². The standard InChI is InChI=1S/C20H19F2N3O/c1-13-2-4-14(5-3-13)20-23-19(26-24-20)12-25(17-8-9-17)11-15-6-7-16(21)10-18(15)22/h2-7,10,17H,8-9,11-12H2,1H3. The summed E-state index contributed by atoms with van der Waals surface area (Å²) in [7, 11) is 0. The predicted octanol–water partition coefficient (Wildman–Crippen LogP) is 4.49. The van der Waals surface area contributed by atoms with Crippen molar-refractivity contribution >= 4 is 0 Å². The van der Waals surface area contributed by atoms with Crippen LogP contribution in [0.3, 0.4) is 0 Å². The van der Waals surface area contributed by atoms with Crippen molar-refractivity contribution in [1.82, 2.24) is 15.0 Å². The van der Waals surface area contributed by atoms with Gasteiger partial charge in [-0.3, -0.25) is 4.90 Å². The van der Waals surface area contributed by atoms with Crippen LogP contribution in [-0.4, -0.2) is 21.1 Å². The average molecular weight is 355 g/mol. The van der Waals surface area contributed by atoms with Gasteiger partial charge in [-0.25, -0.2) is 8.78 Å². The molecule has 0 unspecified atom stereocenters. The Hall–Kier alpha value is -2.60. The first kappa shape index (κ1) is 16.8. The van der Waals surface area contributed by atoms with Crippen molar-refractivity contribution in [3.63, 3.8) is 0 Å². The van der Waals surface area contributed by atoms with Gasteiger partial charge in [0.25, 0.3) is 0 Å². The van der Waals surface area contributed by atoms with Gasteiger partial charge in [0.2, 0.25) is 11.7 Å². The van der Waals surface area contributed by atoms with Crippen LogP contribution in [0.1, 0.15) is 29.9 Å². The third-order valence-electron chi connectivity index (χ3n) is 4.57. The van der Waals surface area contributed by atoms with Crippen LogP contribution in [-0.2, 0) is 13.1 Å². The zero-order valence-electron chi connectivity index (χ0n) is 14.5. The molecule has 0 radical (unpaired) electrons. The van der Waals surface area contributed by atoms with Gasteiger partial charge >= 0.3 is 0 Å². The van der Waals surface area contributed by atoms with Crippen LogP contribution >= 0.6 is 0 Å². The molecule has 2 aromatic carbocycles. The molecule has 1 heterocycles. The van der Waals surface area contributed by atoms with E-state index in [1.807, 2.05) is 31.2 Å². The highest BCUT2D eigenvalue weighted by Gasteiger charge is 2.31. The van der Waals surface area contributed by atoms with Crippen molar-refractivity contribution in [1.29, 1.82) is 0 Å². The fraction of sp³-hybridized carbons (Fsp3) is 0.300. The summed E-state index contributed by atoms with van der Waals surface area (Å²) in [6, 6.07) is 12.0. The van der Waals surface area contributed by atoms with Gasteiger partial charge in [-0.05, 0) is 25.8 Å². The lowest BCUT2D eigenvalue weighted by Gasteiger charge is -2.20. The molecule has 1 aromatic heterocycles. The molecular weight excluding hydrogens is 336 g/mol. The van der Waals surface area contributed by atoms with Crippen LogP contribution in [0, 0.1) is 18.6 Å². The lowest BCUT2D eigenvalue weighted by Crippen LogP contribution is -2.25. The number of rotatable bonds is 6. The molecular formula is C20H19F2N3O. The van der Waals surface area contributed by atoms with Gasteiger partial charge in [-0.1, -0.05) is 41.1 Å². The summed E-state index contributed by atoms with van der Waals surface area (Å²) < 4.78 is 32.5. The van der Waals surface area contributed by atoms with Crippen LogP contribution in [0.2, 0.25) is 0 Å².